The minimum atomic E-state index is 0.181. The van der Waals surface area contributed by atoms with Crippen LogP contribution >= 0.6 is 15.9 Å². The molecule has 2 fully saturated rings. The number of benzene rings is 1. The second-order valence-electron chi connectivity index (χ2n) is 5.74. The highest BCUT2D eigenvalue weighted by Gasteiger charge is 2.36. The average molecular weight is 338 g/mol. The number of anilines is 1. The number of halogens is 1. The number of nitrogens with zero attached hydrogens (tertiary/aromatic N) is 2. The number of nitrogens with two attached hydrogens (primary N) is 1. The Balaban J connectivity index is 1.97. The van der Waals surface area contributed by atoms with Crippen LogP contribution in [0.25, 0.3) is 0 Å². The Labute approximate surface area is 127 Å². The first kappa shape index (κ1) is 13.7. The van der Waals surface area contributed by atoms with Crippen molar-refractivity contribution in [1.82, 2.24) is 0 Å². The molecule has 1 saturated carbocycles. The molecule has 1 heterocycles. The lowest BCUT2D eigenvalue weighted by Gasteiger charge is -2.34. The normalized spacial score (nSPS) is 26.6. The van der Waals surface area contributed by atoms with Crippen LogP contribution in [0.1, 0.15) is 37.7 Å². The lowest BCUT2D eigenvalue weighted by atomic mass is 9.85. The molecular weight excluding hydrogens is 318 g/mol. The topological polar surface area (TPSA) is 61.9 Å². The van der Waals surface area contributed by atoms with Crippen molar-refractivity contribution in [3.8, 4) is 0 Å². The van der Waals surface area contributed by atoms with Gasteiger partial charge in [0.1, 0.15) is 0 Å². The van der Waals surface area contributed by atoms with Gasteiger partial charge in [0.05, 0.1) is 0 Å². The van der Waals surface area contributed by atoms with Crippen molar-refractivity contribution >= 4 is 27.5 Å². The lowest BCUT2D eigenvalue weighted by Crippen LogP contribution is -2.36. The molecule has 3 rings (SSSR count). The Bertz CT molecular complexity index is 532. The first-order valence-corrected chi connectivity index (χ1v) is 8.04. The van der Waals surface area contributed by atoms with Gasteiger partial charge in [-0.3, -0.25) is 0 Å². The maximum atomic E-state index is 9.01. The number of oxime groups is 1. The molecule has 1 aromatic rings. The first-order valence-electron chi connectivity index (χ1n) is 7.25. The van der Waals surface area contributed by atoms with Crippen LogP contribution < -0.4 is 10.6 Å². The van der Waals surface area contributed by atoms with Crippen molar-refractivity contribution in [3.63, 3.8) is 0 Å². The van der Waals surface area contributed by atoms with E-state index in [-0.39, 0.29) is 5.84 Å². The monoisotopic (exact) mass is 337 g/mol. The average Bonchev–Trinajstić information content (AvgIpc) is 2.90. The fourth-order valence-corrected chi connectivity index (χ4v) is 4.08. The molecule has 1 aliphatic heterocycles. The van der Waals surface area contributed by atoms with Crippen LogP contribution in [0.15, 0.2) is 27.8 Å². The largest absolute Gasteiger partial charge is 0.409 e. The van der Waals surface area contributed by atoms with E-state index < -0.39 is 0 Å². The molecule has 3 N–H and O–H groups in total. The fraction of sp³-hybridized carbons (Fsp3) is 0.533. The minimum absolute atomic E-state index is 0.181. The van der Waals surface area contributed by atoms with Gasteiger partial charge in [-0.05, 0) is 43.4 Å². The summed E-state index contributed by atoms with van der Waals surface area (Å²) in [6.07, 6.45) is 6.54. The van der Waals surface area contributed by atoms with E-state index in [0.717, 1.165) is 28.2 Å². The standard InChI is InChI=1S/C15H20BrN3O/c16-11-5-6-14(12(9-11)15(17)18-20)19-8-7-10-3-1-2-4-13(10)19/h5-6,9-10,13,20H,1-4,7-8H2,(H2,17,18). The van der Waals surface area contributed by atoms with E-state index in [1.165, 1.54) is 32.1 Å². The molecule has 0 radical (unpaired) electrons. The van der Waals surface area contributed by atoms with Crippen molar-refractivity contribution in [1.29, 1.82) is 0 Å². The zero-order chi connectivity index (χ0) is 14.1. The summed E-state index contributed by atoms with van der Waals surface area (Å²) < 4.78 is 0.947. The summed E-state index contributed by atoms with van der Waals surface area (Å²) in [6.45, 7) is 1.07. The van der Waals surface area contributed by atoms with Gasteiger partial charge in [-0.2, -0.15) is 0 Å². The zero-order valence-electron chi connectivity index (χ0n) is 11.4. The highest BCUT2D eigenvalue weighted by atomic mass is 79.9. The van der Waals surface area contributed by atoms with Crippen molar-refractivity contribution in [2.45, 2.75) is 38.1 Å². The lowest BCUT2D eigenvalue weighted by molar-refractivity contribution is 0.318. The van der Waals surface area contributed by atoms with Crippen LogP contribution in [0.3, 0.4) is 0 Å². The summed E-state index contributed by atoms with van der Waals surface area (Å²) in [5.41, 5.74) is 7.76. The van der Waals surface area contributed by atoms with Gasteiger partial charge in [-0.25, -0.2) is 0 Å². The van der Waals surface area contributed by atoms with Gasteiger partial charge in [0.15, 0.2) is 5.84 Å². The van der Waals surface area contributed by atoms with E-state index in [2.05, 4.69) is 32.1 Å². The van der Waals surface area contributed by atoms with Gasteiger partial charge in [-0.1, -0.05) is 33.9 Å². The Kier molecular flexibility index (Phi) is 3.87. The predicted octanol–water partition coefficient (Wildman–Crippen LogP) is 3.31. The Hall–Kier alpha value is -1.23. The molecular formula is C15H20BrN3O. The summed E-state index contributed by atoms with van der Waals surface area (Å²) in [7, 11) is 0. The van der Waals surface area contributed by atoms with Crippen molar-refractivity contribution in [2.24, 2.45) is 16.8 Å². The van der Waals surface area contributed by atoms with Crippen molar-refractivity contribution < 1.29 is 5.21 Å². The van der Waals surface area contributed by atoms with Crippen LogP contribution in [-0.4, -0.2) is 23.6 Å². The van der Waals surface area contributed by atoms with Crippen LogP contribution in [0, 0.1) is 5.92 Å². The molecule has 0 spiro atoms. The van der Waals surface area contributed by atoms with Gasteiger partial charge in [0, 0.05) is 28.3 Å². The third kappa shape index (κ3) is 2.39. The van der Waals surface area contributed by atoms with E-state index in [0.29, 0.717) is 6.04 Å². The van der Waals surface area contributed by atoms with Crippen LogP contribution in [0.5, 0.6) is 0 Å². The highest BCUT2D eigenvalue weighted by molar-refractivity contribution is 9.10. The third-order valence-electron chi connectivity index (χ3n) is 4.66. The van der Waals surface area contributed by atoms with Gasteiger partial charge < -0.3 is 15.8 Å². The molecule has 1 aromatic carbocycles. The second kappa shape index (κ2) is 5.64. The van der Waals surface area contributed by atoms with Gasteiger partial charge in [0.2, 0.25) is 0 Å². The SMILES string of the molecule is N/C(=N/O)c1cc(Br)ccc1N1CCC2CCCCC21. The van der Waals surface area contributed by atoms with E-state index >= 15 is 0 Å². The molecule has 2 aliphatic rings. The van der Waals surface area contributed by atoms with E-state index in [1.807, 2.05) is 12.1 Å². The van der Waals surface area contributed by atoms with E-state index in [1.54, 1.807) is 0 Å². The van der Waals surface area contributed by atoms with Crippen molar-refractivity contribution in [2.75, 3.05) is 11.4 Å². The molecule has 4 nitrogen and oxygen atoms in total. The van der Waals surface area contributed by atoms with E-state index in [4.69, 9.17) is 10.9 Å². The van der Waals surface area contributed by atoms with Crippen LogP contribution in [0.4, 0.5) is 5.69 Å². The Morgan fingerprint density at radius 3 is 2.90 bits per heavy atom. The molecule has 0 aromatic heterocycles. The zero-order valence-corrected chi connectivity index (χ0v) is 13.0. The number of rotatable bonds is 2. The first-order chi connectivity index (χ1) is 9.70. The summed E-state index contributed by atoms with van der Waals surface area (Å²) in [6, 6.07) is 6.66. The van der Waals surface area contributed by atoms with Gasteiger partial charge >= 0.3 is 0 Å². The van der Waals surface area contributed by atoms with Crippen LogP contribution in [0.2, 0.25) is 0 Å². The number of hydrogen-bond acceptors (Lipinski definition) is 3. The van der Waals surface area contributed by atoms with Crippen molar-refractivity contribution in [3.05, 3.63) is 28.2 Å². The quantitative estimate of drug-likeness (QED) is 0.376. The minimum Gasteiger partial charge on any atom is -0.409 e. The molecule has 2 atom stereocenters. The molecule has 1 aliphatic carbocycles. The summed E-state index contributed by atoms with van der Waals surface area (Å²) >= 11 is 3.46. The Morgan fingerprint density at radius 1 is 1.30 bits per heavy atom. The Morgan fingerprint density at radius 2 is 2.10 bits per heavy atom. The fourth-order valence-electron chi connectivity index (χ4n) is 3.72. The smallest absolute Gasteiger partial charge is 0.172 e. The molecule has 1 saturated heterocycles. The third-order valence-corrected chi connectivity index (χ3v) is 5.16. The van der Waals surface area contributed by atoms with Gasteiger partial charge in [-0.15, -0.1) is 0 Å². The van der Waals surface area contributed by atoms with Gasteiger partial charge in [0.25, 0.3) is 0 Å². The van der Waals surface area contributed by atoms with E-state index in [9.17, 15) is 0 Å². The highest BCUT2D eigenvalue weighted by Crippen LogP contribution is 2.40. The maximum Gasteiger partial charge on any atom is 0.172 e. The molecule has 2 unspecified atom stereocenters. The molecule has 0 bridgehead atoms. The molecule has 20 heavy (non-hydrogen) atoms. The molecule has 5 heteroatoms. The molecule has 0 amide bonds. The summed E-state index contributed by atoms with van der Waals surface area (Å²) in [5.74, 6) is 0.994. The second-order valence-corrected chi connectivity index (χ2v) is 6.66. The summed E-state index contributed by atoms with van der Waals surface area (Å²) in [4.78, 5) is 2.46. The van der Waals surface area contributed by atoms with Crippen LogP contribution in [-0.2, 0) is 0 Å². The predicted molar refractivity (Wildman–Crippen MR) is 84.4 cm³/mol. The number of hydrogen-bond donors (Lipinski definition) is 2. The maximum absolute atomic E-state index is 9.01. The number of amidine groups is 1. The summed E-state index contributed by atoms with van der Waals surface area (Å²) in [5, 5.41) is 12.2. The number of fused-ring (bicyclic) bond motifs is 1. The molecule has 108 valence electrons.